The van der Waals surface area contributed by atoms with Crippen LogP contribution < -0.4 is 4.74 Å². The number of terminal acetylenes is 1. The van der Waals surface area contributed by atoms with Gasteiger partial charge in [0.15, 0.2) is 0 Å². The molecule has 0 amide bonds. The zero-order valence-electron chi connectivity index (χ0n) is 8.31. The van der Waals surface area contributed by atoms with Crippen molar-refractivity contribution in [1.29, 1.82) is 0 Å². The topological polar surface area (TPSA) is 9.23 Å². The Morgan fingerprint density at radius 1 is 1.47 bits per heavy atom. The number of rotatable bonds is 2. The summed E-state index contributed by atoms with van der Waals surface area (Å²) in [7, 11) is 1.40. The van der Waals surface area contributed by atoms with Gasteiger partial charge in [0.05, 0.1) is 12.7 Å². The SMILES string of the molecule is C#Cc1c(F)cc(OC)c(C2CC2)c1F. The van der Waals surface area contributed by atoms with Gasteiger partial charge in [-0.25, -0.2) is 8.78 Å². The predicted molar refractivity (Wildman–Crippen MR) is 52.8 cm³/mol. The molecule has 0 radical (unpaired) electrons. The largest absolute Gasteiger partial charge is 0.496 e. The first-order valence-electron chi connectivity index (χ1n) is 4.71. The second kappa shape index (κ2) is 3.54. The van der Waals surface area contributed by atoms with Gasteiger partial charge in [0.25, 0.3) is 0 Å². The van der Waals surface area contributed by atoms with Crippen molar-refractivity contribution < 1.29 is 13.5 Å². The quantitative estimate of drug-likeness (QED) is 0.679. The lowest BCUT2D eigenvalue weighted by Crippen LogP contribution is -2.00. The maximum atomic E-state index is 13.8. The minimum atomic E-state index is -0.740. The smallest absolute Gasteiger partial charge is 0.148 e. The molecule has 0 spiro atoms. The lowest BCUT2D eigenvalue weighted by atomic mass is 10.0. The van der Waals surface area contributed by atoms with Crippen LogP contribution in [0.5, 0.6) is 5.75 Å². The molecule has 1 aliphatic carbocycles. The molecule has 1 aliphatic rings. The van der Waals surface area contributed by atoms with Crippen molar-refractivity contribution in [2.75, 3.05) is 7.11 Å². The van der Waals surface area contributed by atoms with Crippen molar-refractivity contribution >= 4 is 0 Å². The summed E-state index contributed by atoms with van der Waals surface area (Å²) in [5.41, 5.74) is 0.129. The Bertz CT molecular complexity index is 442. The summed E-state index contributed by atoms with van der Waals surface area (Å²) >= 11 is 0. The van der Waals surface area contributed by atoms with E-state index in [4.69, 9.17) is 11.2 Å². The van der Waals surface area contributed by atoms with E-state index in [1.807, 2.05) is 5.92 Å². The Hall–Kier alpha value is -1.56. The first-order valence-corrected chi connectivity index (χ1v) is 4.71. The second-order valence-electron chi connectivity index (χ2n) is 3.58. The molecular weight excluding hydrogens is 198 g/mol. The minimum absolute atomic E-state index is 0.132. The standard InChI is InChI=1S/C12H10F2O/c1-3-8-9(13)6-10(15-2)11(12(8)14)7-4-5-7/h1,6-7H,4-5H2,2H3. The molecule has 0 heterocycles. The third-order valence-corrected chi connectivity index (χ3v) is 2.57. The van der Waals surface area contributed by atoms with E-state index in [9.17, 15) is 8.78 Å². The number of hydrogen-bond acceptors (Lipinski definition) is 1. The molecule has 3 heteroatoms. The summed E-state index contributed by atoms with van der Waals surface area (Å²) in [6.07, 6.45) is 6.87. The molecule has 1 nitrogen and oxygen atoms in total. The Balaban J connectivity index is 2.64. The monoisotopic (exact) mass is 208 g/mol. The zero-order chi connectivity index (χ0) is 11.0. The summed E-state index contributed by atoms with van der Waals surface area (Å²) in [6, 6.07) is 1.16. The Kier molecular flexibility index (Phi) is 2.36. The van der Waals surface area contributed by atoms with Crippen LogP contribution in [-0.2, 0) is 0 Å². The van der Waals surface area contributed by atoms with Crippen molar-refractivity contribution in [2.45, 2.75) is 18.8 Å². The summed E-state index contributed by atoms with van der Waals surface area (Å²) in [6.45, 7) is 0. The first kappa shape index (κ1) is 9.97. The van der Waals surface area contributed by atoms with Crippen LogP contribution in [0.4, 0.5) is 8.78 Å². The molecule has 0 aliphatic heterocycles. The van der Waals surface area contributed by atoms with E-state index in [0.717, 1.165) is 18.9 Å². The Morgan fingerprint density at radius 2 is 2.13 bits per heavy atom. The third-order valence-electron chi connectivity index (χ3n) is 2.57. The molecular formula is C12H10F2O. The van der Waals surface area contributed by atoms with E-state index in [1.54, 1.807) is 0 Å². The van der Waals surface area contributed by atoms with Gasteiger partial charge in [-0.05, 0) is 18.8 Å². The van der Waals surface area contributed by atoms with Crippen molar-refractivity contribution in [1.82, 2.24) is 0 Å². The molecule has 1 saturated carbocycles. The lowest BCUT2D eigenvalue weighted by Gasteiger charge is -2.10. The van der Waals surface area contributed by atoms with Gasteiger partial charge in [-0.15, -0.1) is 6.42 Å². The fraction of sp³-hybridized carbons (Fsp3) is 0.333. The molecule has 78 valence electrons. The highest BCUT2D eigenvalue weighted by Crippen LogP contribution is 2.46. The van der Waals surface area contributed by atoms with Crippen LogP contribution in [0.2, 0.25) is 0 Å². The van der Waals surface area contributed by atoms with Gasteiger partial charge in [-0.3, -0.25) is 0 Å². The number of methoxy groups -OCH3 is 1. The van der Waals surface area contributed by atoms with Crippen LogP contribution in [-0.4, -0.2) is 7.11 Å². The van der Waals surface area contributed by atoms with E-state index in [-0.39, 0.29) is 17.2 Å². The fourth-order valence-electron chi connectivity index (χ4n) is 1.67. The average molecular weight is 208 g/mol. The Labute approximate surface area is 87.1 Å². The van der Waals surface area contributed by atoms with E-state index in [0.29, 0.717) is 5.56 Å². The lowest BCUT2D eigenvalue weighted by molar-refractivity contribution is 0.399. The molecule has 0 unspecified atom stereocenters. The highest BCUT2D eigenvalue weighted by molar-refractivity contribution is 5.48. The number of benzene rings is 1. The van der Waals surface area contributed by atoms with E-state index >= 15 is 0 Å². The van der Waals surface area contributed by atoms with Crippen LogP contribution in [0.3, 0.4) is 0 Å². The summed E-state index contributed by atoms with van der Waals surface area (Å²) < 4.78 is 32.1. The molecule has 1 aromatic rings. The molecule has 0 N–H and O–H groups in total. The zero-order valence-corrected chi connectivity index (χ0v) is 8.31. The maximum absolute atomic E-state index is 13.8. The molecule has 1 fully saturated rings. The molecule has 2 rings (SSSR count). The summed E-state index contributed by atoms with van der Waals surface area (Å²) in [5.74, 6) is 1.04. The summed E-state index contributed by atoms with van der Waals surface area (Å²) in [5, 5.41) is 0. The van der Waals surface area contributed by atoms with Crippen molar-refractivity contribution in [3.8, 4) is 18.1 Å². The third kappa shape index (κ3) is 1.56. The molecule has 1 aromatic carbocycles. The highest BCUT2D eigenvalue weighted by atomic mass is 19.1. The van der Waals surface area contributed by atoms with E-state index in [2.05, 4.69) is 0 Å². The molecule has 0 saturated heterocycles. The van der Waals surface area contributed by atoms with Crippen LogP contribution in [0.25, 0.3) is 0 Å². The minimum Gasteiger partial charge on any atom is -0.496 e. The maximum Gasteiger partial charge on any atom is 0.148 e. The van der Waals surface area contributed by atoms with Gasteiger partial charge in [0, 0.05) is 11.6 Å². The van der Waals surface area contributed by atoms with E-state index < -0.39 is 11.6 Å². The van der Waals surface area contributed by atoms with Crippen molar-refractivity contribution in [2.24, 2.45) is 0 Å². The molecule has 0 atom stereocenters. The normalized spacial score (nSPS) is 14.8. The molecule has 0 aromatic heterocycles. The van der Waals surface area contributed by atoms with Crippen molar-refractivity contribution in [3.63, 3.8) is 0 Å². The number of hydrogen-bond donors (Lipinski definition) is 0. The number of ether oxygens (including phenoxy) is 1. The Morgan fingerprint density at radius 3 is 2.60 bits per heavy atom. The van der Waals surface area contributed by atoms with Gasteiger partial charge in [-0.2, -0.15) is 0 Å². The highest BCUT2D eigenvalue weighted by Gasteiger charge is 2.32. The van der Waals surface area contributed by atoms with Gasteiger partial charge in [0.1, 0.15) is 17.4 Å². The van der Waals surface area contributed by atoms with Gasteiger partial charge in [0.2, 0.25) is 0 Å². The van der Waals surface area contributed by atoms with Crippen molar-refractivity contribution in [3.05, 3.63) is 28.8 Å². The van der Waals surface area contributed by atoms with Crippen LogP contribution >= 0.6 is 0 Å². The average Bonchev–Trinajstić information content (AvgIpc) is 3.01. The fourth-order valence-corrected chi connectivity index (χ4v) is 1.67. The molecule has 0 bridgehead atoms. The second-order valence-corrected chi connectivity index (χ2v) is 3.58. The number of halogens is 2. The van der Waals surface area contributed by atoms with Gasteiger partial charge < -0.3 is 4.74 Å². The van der Waals surface area contributed by atoms with Gasteiger partial charge in [-0.1, -0.05) is 5.92 Å². The summed E-state index contributed by atoms with van der Waals surface area (Å²) in [4.78, 5) is 0. The predicted octanol–water partition coefficient (Wildman–Crippen LogP) is 2.83. The van der Waals surface area contributed by atoms with Crippen LogP contribution in [0.1, 0.15) is 29.9 Å². The molecule has 15 heavy (non-hydrogen) atoms. The van der Waals surface area contributed by atoms with E-state index in [1.165, 1.54) is 7.11 Å². The van der Waals surface area contributed by atoms with Gasteiger partial charge >= 0.3 is 0 Å². The van der Waals surface area contributed by atoms with Crippen LogP contribution in [0.15, 0.2) is 6.07 Å². The first-order chi connectivity index (χ1) is 7.19. The van der Waals surface area contributed by atoms with Crippen LogP contribution in [0, 0.1) is 24.0 Å².